The Bertz CT molecular complexity index is 1030. The third kappa shape index (κ3) is 2.15. The number of hydrogen-bond donors (Lipinski definition) is 0. The number of fused-ring (bicyclic) bond motifs is 3. The molecule has 0 bridgehead atoms. The van der Waals surface area contributed by atoms with Crippen LogP contribution in [0.25, 0.3) is 21.9 Å². The van der Waals surface area contributed by atoms with Crippen LogP contribution in [0.3, 0.4) is 0 Å². The van der Waals surface area contributed by atoms with Crippen LogP contribution in [0.2, 0.25) is 0 Å². The number of pyridine rings is 1. The van der Waals surface area contributed by atoms with Crippen LogP contribution in [0, 0.1) is 0 Å². The Labute approximate surface area is 138 Å². The van der Waals surface area contributed by atoms with Crippen molar-refractivity contribution in [1.29, 1.82) is 0 Å². The number of carbonyl (C=O) groups is 1. The van der Waals surface area contributed by atoms with Gasteiger partial charge in [-0.3, -0.25) is 14.5 Å². The standard InChI is InChI=1S/C18H17N5O/c1-21(13-6-5-9-19-10-13)17(24)12-23-15-8-4-3-7-14(15)18-16(23)11-20-22(18)2/h3-11H,12H2,1-2H3. The smallest absolute Gasteiger partial charge is 0.246 e. The first kappa shape index (κ1) is 14.4. The van der Waals surface area contributed by atoms with Gasteiger partial charge in [0.2, 0.25) is 5.91 Å². The second-order valence-electron chi connectivity index (χ2n) is 5.77. The maximum atomic E-state index is 12.8. The van der Waals surface area contributed by atoms with E-state index in [1.807, 2.05) is 52.8 Å². The Hall–Kier alpha value is -3.15. The van der Waals surface area contributed by atoms with Crippen molar-refractivity contribution < 1.29 is 4.79 Å². The number of carbonyl (C=O) groups excluding carboxylic acids is 1. The number of amides is 1. The monoisotopic (exact) mass is 319 g/mol. The van der Waals surface area contributed by atoms with Gasteiger partial charge >= 0.3 is 0 Å². The van der Waals surface area contributed by atoms with E-state index in [2.05, 4.69) is 16.1 Å². The molecular formula is C18H17N5O. The largest absolute Gasteiger partial charge is 0.328 e. The average molecular weight is 319 g/mol. The Balaban J connectivity index is 1.77. The molecule has 0 saturated carbocycles. The molecule has 4 rings (SSSR count). The zero-order chi connectivity index (χ0) is 16.7. The van der Waals surface area contributed by atoms with Crippen LogP contribution >= 0.6 is 0 Å². The molecule has 0 N–H and O–H groups in total. The van der Waals surface area contributed by atoms with E-state index in [9.17, 15) is 4.79 Å². The number of anilines is 1. The number of benzene rings is 1. The predicted octanol–water partition coefficient (Wildman–Crippen LogP) is 2.59. The summed E-state index contributed by atoms with van der Waals surface area (Å²) in [5.41, 5.74) is 3.82. The highest BCUT2D eigenvalue weighted by Crippen LogP contribution is 2.28. The van der Waals surface area contributed by atoms with Gasteiger partial charge < -0.3 is 9.47 Å². The second-order valence-corrected chi connectivity index (χ2v) is 5.77. The van der Waals surface area contributed by atoms with Crippen molar-refractivity contribution in [2.75, 3.05) is 11.9 Å². The van der Waals surface area contributed by atoms with Crippen LogP contribution in [0.4, 0.5) is 5.69 Å². The van der Waals surface area contributed by atoms with E-state index >= 15 is 0 Å². The lowest BCUT2D eigenvalue weighted by Crippen LogP contribution is -2.29. The summed E-state index contributed by atoms with van der Waals surface area (Å²) in [4.78, 5) is 18.5. The van der Waals surface area contributed by atoms with Crippen LogP contribution in [0.1, 0.15) is 0 Å². The normalized spacial score (nSPS) is 11.2. The zero-order valence-corrected chi connectivity index (χ0v) is 13.5. The van der Waals surface area contributed by atoms with E-state index in [0.29, 0.717) is 0 Å². The lowest BCUT2D eigenvalue weighted by molar-refractivity contribution is -0.118. The van der Waals surface area contributed by atoms with E-state index in [-0.39, 0.29) is 12.5 Å². The van der Waals surface area contributed by atoms with Crippen LogP contribution in [0.15, 0.2) is 55.0 Å². The van der Waals surface area contributed by atoms with Crippen molar-refractivity contribution in [3.05, 3.63) is 55.0 Å². The van der Waals surface area contributed by atoms with Crippen molar-refractivity contribution in [2.24, 2.45) is 7.05 Å². The number of rotatable bonds is 3. The minimum absolute atomic E-state index is 0.00509. The van der Waals surface area contributed by atoms with E-state index in [0.717, 1.165) is 27.6 Å². The van der Waals surface area contributed by atoms with Gasteiger partial charge in [-0.2, -0.15) is 5.10 Å². The average Bonchev–Trinajstić information content (AvgIpc) is 3.14. The Morgan fingerprint density at radius 1 is 1.12 bits per heavy atom. The first-order valence-electron chi connectivity index (χ1n) is 7.72. The van der Waals surface area contributed by atoms with Crippen molar-refractivity contribution in [3.63, 3.8) is 0 Å². The maximum Gasteiger partial charge on any atom is 0.246 e. The summed E-state index contributed by atoms with van der Waals surface area (Å²) in [6.07, 6.45) is 5.19. The molecule has 0 atom stereocenters. The van der Waals surface area contributed by atoms with Crippen molar-refractivity contribution >= 4 is 33.5 Å². The Kier molecular flexibility index (Phi) is 3.30. The summed E-state index contributed by atoms with van der Waals surface area (Å²) in [7, 11) is 3.69. The summed E-state index contributed by atoms with van der Waals surface area (Å²) >= 11 is 0. The first-order chi connectivity index (χ1) is 11.7. The molecule has 0 unspecified atom stereocenters. The molecule has 6 heteroatoms. The highest BCUT2D eigenvalue weighted by Gasteiger charge is 2.18. The number of likely N-dealkylation sites (N-methyl/N-ethyl adjacent to an activating group) is 1. The number of aromatic nitrogens is 4. The molecule has 0 aliphatic rings. The van der Waals surface area contributed by atoms with Gasteiger partial charge in [-0.25, -0.2) is 0 Å². The van der Waals surface area contributed by atoms with Gasteiger partial charge in [0, 0.05) is 25.7 Å². The molecule has 0 spiro atoms. The quantitative estimate of drug-likeness (QED) is 0.583. The van der Waals surface area contributed by atoms with Gasteiger partial charge in [-0.05, 0) is 18.2 Å². The van der Waals surface area contributed by atoms with Crippen molar-refractivity contribution in [3.8, 4) is 0 Å². The summed E-state index contributed by atoms with van der Waals surface area (Å²) in [5.74, 6) is -0.00509. The third-order valence-electron chi connectivity index (χ3n) is 4.36. The lowest BCUT2D eigenvalue weighted by atomic mass is 10.2. The van der Waals surface area contributed by atoms with Crippen LogP contribution in [-0.2, 0) is 18.4 Å². The molecule has 3 heterocycles. The second kappa shape index (κ2) is 5.49. The minimum atomic E-state index is -0.00509. The number of hydrogen-bond acceptors (Lipinski definition) is 3. The van der Waals surface area contributed by atoms with Gasteiger partial charge in [-0.15, -0.1) is 0 Å². The van der Waals surface area contributed by atoms with E-state index in [1.165, 1.54) is 0 Å². The first-order valence-corrected chi connectivity index (χ1v) is 7.72. The third-order valence-corrected chi connectivity index (χ3v) is 4.36. The summed E-state index contributed by atoms with van der Waals surface area (Å²) < 4.78 is 3.87. The summed E-state index contributed by atoms with van der Waals surface area (Å²) in [5, 5.41) is 5.44. The topological polar surface area (TPSA) is 56.0 Å². The molecule has 1 amide bonds. The molecule has 0 aliphatic heterocycles. The van der Waals surface area contributed by atoms with Crippen LogP contribution < -0.4 is 4.90 Å². The molecule has 1 aromatic carbocycles. The highest BCUT2D eigenvalue weighted by atomic mass is 16.2. The fourth-order valence-corrected chi connectivity index (χ4v) is 3.08. The lowest BCUT2D eigenvalue weighted by Gasteiger charge is -2.17. The number of para-hydroxylation sites is 1. The molecule has 3 aromatic heterocycles. The molecule has 4 aromatic rings. The molecule has 0 aliphatic carbocycles. The number of nitrogens with zero attached hydrogens (tertiary/aromatic N) is 5. The SMILES string of the molecule is CN(C(=O)Cn1c2ccccc2c2c1cnn2C)c1cccnc1. The van der Waals surface area contributed by atoms with Gasteiger partial charge in [0.05, 0.1) is 34.6 Å². The molecule has 120 valence electrons. The molecule has 0 fully saturated rings. The molecular weight excluding hydrogens is 302 g/mol. The summed E-state index contributed by atoms with van der Waals surface area (Å²) in [6, 6.07) is 11.8. The fraction of sp³-hybridized carbons (Fsp3) is 0.167. The van der Waals surface area contributed by atoms with Crippen molar-refractivity contribution in [2.45, 2.75) is 6.54 Å². The van der Waals surface area contributed by atoms with E-state index < -0.39 is 0 Å². The van der Waals surface area contributed by atoms with Gasteiger partial charge in [0.15, 0.2) is 0 Å². The fourth-order valence-electron chi connectivity index (χ4n) is 3.08. The van der Waals surface area contributed by atoms with Crippen LogP contribution in [0.5, 0.6) is 0 Å². The predicted molar refractivity (Wildman–Crippen MR) is 93.9 cm³/mol. The molecule has 0 saturated heterocycles. The van der Waals surface area contributed by atoms with Crippen molar-refractivity contribution in [1.82, 2.24) is 19.3 Å². The molecule has 6 nitrogen and oxygen atoms in total. The van der Waals surface area contributed by atoms with Crippen LogP contribution in [-0.4, -0.2) is 32.3 Å². The van der Waals surface area contributed by atoms with Gasteiger partial charge in [-0.1, -0.05) is 18.2 Å². The zero-order valence-electron chi connectivity index (χ0n) is 13.5. The summed E-state index contributed by atoms with van der Waals surface area (Å²) in [6.45, 7) is 0.251. The molecule has 24 heavy (non-hydrogen) atoms. The highest BCUT2D eigenvalue weighted by molar-refractivity contribution is 6.07. The Morgan fingerprint density at radius 2 is 1.96 bits per heavy atom. The van der Waals surface area contributed by atoms with E-state index in [4.69, 9.17) is 0 Å². The Morgan fingerprint density at radius 3 is 2.75 bits per heavy atom. The van der Waals surface area contributed by atoms with Gasteiger partial charge in [0.25, 0.3) is 0 Å². The number of aryl methyl sites for hydroxylation is 1. The molecule has 0 radical (unpaired) electrons. The maximum absolute atomic E-state index is 12.8. The van der Waals surface area contributed by atoms with Gasteiger partial charge in [0.1, 0.15) is 6.54 Å². The van der Waals surface area contributed by atoms with E-state index in [1.54, 1.807) is 24.3 Å². The minimum Gasteiger partial charge on any atom is -0.328 e.